The Hall–Kier alpha value is -1.98. The van der Waals surface area contributed by atoms with Crippen molar-refractivity contribution in [2.45, 2.75) is 20.3 Å². The first-order chi connectivity index (χ1) is 9.40. The lowest BCUT2D eigenvalue weighted by molar-refractivity contribution is -0.122. The predicted octanol–water partition coefficient (Wildman–Crippen LogP) is 2.68. The molecule has 0 aliphatic carbocycles. The van der Waals surface area contributed by atoms with Crippen LogP contribution in [0.15, 0.2) is 18.2 Å². The van der Waals surface area contributed by atoms with Crippen LogP contribution in [0.25, 0.3) is 0 Å². The molecule has 1 N–H and O–H groups in total. The zero-order chi connectivity index (χ0) is 14.9. The van der Waals surface area contributed by atoms with E-state index in [2.05, 4.69) is 5.32 Å². The van der Waals surface area contributed by atoms with Gasteiger partial charge in [-0.3, -0.25) is 4.79 Å². The second kappa shape index (κ2) is 5.56. The van der Waals surface area contributed by atoms with Crippen LogP contribution in [0.4, 0.5) is 19.3 Å². The molecule has 1 unspecified atom stereocenters. The molecule has 1 saturated heterocycles. The molecule has 1 heterocycles. The number of imide groups is 1. The Bertz CT molecular complexity index is 546. The molecule has 1 fully saturated rings. The maximum atomic E-state index is 13.8. The normalized spacial score (nSPS) is 19.4. The van der Waals surface area contributed by atoms with E-state index >= 15 is 0 Å². The van der Waals surface area contributed by atoms with E-state index in [0.717, 1.165) is 17.0 Å². The summed E-state index contributed by atoms with van der Waals surface area (Å²) >= 11 is 0. The molecule has 1 atom stereocenters. The predicted molar refractivity (Wildman–Crippen MR) is 70.2 cm³/mol. The number of carbonyl (C=O) groups excluding carboxylic acids is 2. The fourth-order valence-corrected chi connectivity index (χ4v) is 2.30. The summed E-state index contributed by atoms with van der Waals surface area (Å²) in [6, 6.07) is 2.09. The van der Waals surface area contributed by atoms with Gasteiger partial charge in [0, 0.05) is 12.6 Å². The molecule has 2 rings (SSSR count). The first-order valence-corrected chi connectivity index (χ1v) is 6.47. The van der Waals surface area contributed by atoms with Crippen molar-refractivity contribution in [3.63, 3.8) is 0 Å². The Morgan fingerprint density at radius 1 is 1.35 bits per heavy atom. The molecule has 0 radical (unpaired) electrons. The Balaban J connectivity index is 2.32. The van der Waals surface area contributed by atoms with E-state index in [1.807, 2.05) is 13.8 Å². The van der Waals surface area contributed by atoms with E-state index in [1.165, 1.54) is 0 Å². The highest BCUT2D eigenvalue weighted by molar-refractivity contribution is 6.16. The topological polar surface area (TPSA) is 49.4 Å². The van der Waals surface area contributed by atoms with Crippen LogP contribution in [0.1, 0.15) is 20.3 Å². The van der Waals surface area contributed by atoms with Crippen LogP contribution in [0.2, 0.25) is 0 Å². The number of amides is 3. The first kappa shape index (κ1) is 14.4. The fourth-order valence-electron chi connectivity index (χ4n) is 2.30. The number of rotatable bonds is 3. The van der Waals surface area contributed by atoms with Gasteiger partial charge in [-0.1, -0.05) is 13.8 Å². The highest BCUT2D eigenvalue weighted by atomic mass is 19.1. The summed E-state index contributed by atoms with van der Waals surface area (Å²) in [6.45, 7) is 4.17. The second-order valence-corrected chi connectivity index (χ2v) is 5.28. The number of anilines is 1. The van der Waals surface area contributed by atoms with Crippen molar-refractivity contribution in [3.8, 4) is 0 Å². The van der Waals surface area contributed by atoms with Gasteiger partial charge in [-0.25, -0.2) is 18.5 Å². The van der Waals surface area contributed by atoms with Crippen LogP contribution < -0.4 is 10.2 Å². The van der Waals surface area contributed by atoms with E-state index in [4.69, 9.17) is 0 Å². The van der Waals surface area contributed by atoms with Crippen molar-refractivity contribution < 1.29 is 18.4 Å². The van der Waals surface area contributed by atoms with E-state index in [9.17, 15) is 18.4 Å². The number of nitrogens with zero attached hydrogens (tertiary/aromatic N) is 1. The van der Waals surface area contributed by atoms with E-state index in [0.29, 0.717) is 12.5 Å². The number of nitrogens with one attached hydrogen (secondary N) is 1. The fraction of sp³-hybridized carbons (Fsp3) is 0.429. The highest BCUT2D eigenvalue weighted by Gasteiger charge is 2.36. The van der Waals surface area contributed by atoms with Crippen LogP contribution in [0, 0.1) is 23.5 Å². The Morgan fingerprint density at radius 3 is 2.65 bits per heavy atom. The summed E-state index contributed by atoms with van der Waals surface area (Å²) in [5, 5.41) is 2.56. The summed E-state index contributed by atoms with van der Waals surface area (Å²) in [5.41, 5.74) is -0.220. The van der Waals surface area contributed by atoms with Crippen molar-refractivity contribution in [3.05, 3.63) is 29.8 Å². The van der Waals surface area contributed by atoms with Crippen molar-refractivity contribution in [1.82, 2.24) is 5.32 Å². The number of hydrogen-bond donors (Lipinski definition) is 1. The van der Waals surface area contributed by atoms with Crippen LogP contribution in [-0.4, -0.2) is 18.5 Å². The molecule has 0 spiro atoms. The van der Waals surface area contributed by atoms with Gasteiger partial charge in [-0.2, -0.15) is 0 Å². The molecule has 1 aromatic rings. The van der Waals surface area contributed by atoms with Crippen molar-refractivity contribution >= 4 is 17.6 Å². The lowest BCUT2D eigenvalue weighted by atomic mass is 9.94. The van der Waals surface area contributed by atoms with Gasteiger partial charge in [0.2, 0.25) is 5.91 Å². The number of benzene rings is 1. The van der Waals surface area contributed by atoms with Gasteiger partial charge in [0.1, 0.15) is 11.6 Å². The van der Waals surface area contributed by atoms with Crippen LogP contribution in [-0.2, 0) is 4.79 Å². The van der Waals surface area contributed by atoms with Gasteiger partial charge in [-0.15, -0.1) is 0 Å². The molecule has 3 amide bonds. The molecule has 4 nitrogen and oxygen atoms in total. The van der Waals surface area contributed by atoms with Crippen LogP contribution in [0.3, 0.4) is 0 Å². The molecule has 6 heteroatoms. The first-order valence-electron chi connectivity index (χ1n) is 6.47. The Labute approximate surface area is 115 Å². The summed E-state index contributed by atoms with van der Waals surface area (Å²) < 4.78 is 26.7. The highest BCUT2D eigenvalue weighted by Crippen LogP contribution is 2.26. The molecule has 0 aromatic heterocycles. The van der Waals surface area contributed by atoms with Crippen molar-refractivity contribution in [2.75, 3.05) is 11.4 Å². The smallest absolute Gasteiger partial charge is 0.328 e. The summed E-state index contributed by atoms with van der Waals surface area (Å²) in [6.07, 6.45) is 0.596. The molecule has 1 aromatic carbocycles. The van der Waals surface area contributed by atoms with Gasteiger partial charge < -0.3 is 5.32 Å². The molecular formula is C14H16F2N2O2. The maximum Gasteiger partial charge on any atom is 0.328 e. The van der Waals surface area contributed by atoms with Gasteiger partial charge in [0.25, 0.3) is 0 Å². The third kappa shape index (κ3) is 2.79. The summed E-state index contributed by atoms with van der Waals surface area (Å²) in [7, 11) is 0. The van der Waals surface area contributed by atoms with E-state index in [1.54, 1.807) is 0 Å². The second-order valence-electron chi connectivity index (χ2n) is 5.28. The quantitative estimate of drug-likeness (QED) is 0.926. The zero-order valence-electron chi connectivity index (χ0n) is 11.3. The van der Waals surface area contributed by atoms with E-state index in [-0.39, 0.29) is 18.2 Å². The number of urea groups is 1. The Kier molecular flexibility index (Phi) is 4.01. The third-order valence-electron chi connectivity index (χ3n) is 3.18. The molecule has 0 bridgehead atoms. The molecule has 0 saturated carbocycles. The summed E-state index contributed by atoms with van der Waals surface area (Å²) in [4.78, 5) is 24.9. The standard InChI is InChI=1S/C14H16F2N2O2/c1-8(2)5-9-7-17-14(20)18(13(9)19)12-4-3-10(15)6-11(12)16/h3-4,6,8-9H,5,7H2,1-2H3,(H,17,20). The monoisotopic (exact) mass is 282 g/mol. The molecular weight excluding hydrogens is 266 g/mol. The average Bonchev–Trinajstić information content (AvgIpc) is 2.35. The molecule has 1 aliphatic heterocycles. The Morgan fingerprint density at radius 2 is 2.05 bits per heavy atom. The van der Waals surface area contributed by atoms with Gasteiger partial charge >= 0.3 is 6.03 Å². The summed E-state index contributed by atoms with van der Waals surface area (Å²) in [5.74, 6) is -2.25. The lowest BCUT2D eigenvalue weighted by Crippen LogP contribution is -2.55. The average molecular weight is 282 g/mol. The maximum absolute atomic E-state index is 13.8. The number of carbonyl (C=O) groups is 2. The van der Waals surface area contributed by atoms with Gasteiger partial charge in [0.05, 0.1) is 11.6 Å². The largest absolute Gasteiger partial charge is 0.337 e. The number of halogens is 2. The van der Waals surface area contributed by atoms with Crippen molar-refractivity contribution in [1.29, 1.82) is 0 Å². The van der Waals surface area contributed by atoms with E-state index < -0.39 is 29.5 Å². The lowest BCUT2D eigenvalue weighted by Gasteiger charge is -2.32. The molecule has 20 heavy (non-hydrogen) atoms. The van der Waals surface area contributed by atoms with Gasteiger partial charge in [-0.05, 0) is 24.5 Å². The minimum absolute atomic E-state index is 0.220. The molecule has 1 aliphatic rings. The third-order valence-corrected chi connectivity index (χ3v) is 3.18. The van der Waals surface area contributed by atoms with Crippen molar-refractivity contribution in [2.24, 2.45) is 11.8 Å². The minimum atomic E-state index is -0.932. The van der Waals surface area contributed by atoms with Gasteiger partial charge in [0.15, 0.2) is 0 Å². The SMILES string of the molecule is CC(C)CC1CNC(=O)N(c2ccc(F)cc2F)C1=O. The molecule has 108 valence electrons. The van der Waals surface area contributed by atoms with Crippen LogP contribution >= 0.6 is 0 Å². The zero-order valence-corrected chi connectivity index (χ0v) is 11.3. The minimum Gasteiger partial charge on any atom is -0.337 e. The number of hydrogen-bond acceptors (Lipinski definition) is 2. The van der Waals surface area contributed by atoms with Crippen LogP contribution in [0.5, 0.6) is 0 Å².